The standard InChI is InChI=1S/C17H22N8/c1-4-14-21-17-13(6-5-7-24(17)23-14)19-15-9-18-10-16(20-15)25-12(3)8-11(2)22-25/h8-10,13H,4-7H2,1-3H3,(H,19,20)/t13-/m1/s1. The van der Waals surface area contributed by atoms with Crippen LogP contribution in [0.25, 0.3) is 5.82 Å². The van der Waals surface area contributed by atoms with Crippen molar-refractivity contribution in [3.63, 3.8) is 0 Å². The van der Waals surface area contributed by atoms with Crippen LogP contribution in [0.3, 0.4) is 0 Å². The number of rotatable bonds is 4. The first-order chi connectivity index (χ1) is 12.1. The zero-order chi connectivity index (χ0) is 17.4. The molecule has 0 fully saturated rings. The molecule has 1 aliphatic rings. The van der Waals surface area contributed by atoms with E-state index in [1.165, 1.54) is 0 Å². The van der Waals surface area contributed by atoms with E-state index in [2.05, 4.69) is 37.4 Å². The van der Waals surface area contributed by atoms with Gasteiger partial charge in [-0.2, -0.15) is 10.2 Å². The minimum atomic E-state index is 0.103. The second-order valence-corrected chi connectivity index (χ2v) is 6.40. The highest BCUT2D eigenvalue weighted by Crippen LogP contribution is 2.26. The Morgan fingerprint density at radius 2 is 2.08 bits per heavy atom. The van der Waals surface area contributed by atoms with Gasteiger partial charge in [-0.05, 0) is 32.8 Å². The number of hydrogen-bond donors (Lipinski definition) is 1. The molecule has 3 aromatic heterocycles. The van der Waals surface area contributed by atoms with E-state index in [9.17, 15) is 0 Å². The van der Waals surface area contributed by atoms with E-state index in [1.807, 2.05) is 29.3 Å². The molecule has 8 nitrogen and oxygen atoms in total. The van der Waals surface area contributed by atoms with Crippen molar-refractivity contribution in [2.45, 2.75) is 52.6 Å². The van der Waals surface area contributed by atoms with Gasteiger partial charge in [-0.15, -0.1) is 0 Å². The maximum Gasteiger partial charge on any atom is 0.174 e. The van der Waals surface area contributed by atoms with Gasteiger partial charge in [-0.1, -0.05) is 6.92 Å². The molecule has 4 rings (SSSR count). The number of nitrogens with zero attached hydrogens (tertiary/aromatic N) is 7. The summed E-state index contributed by atoms with van der Waals surface area (Å²) >= 11 is 0. The van der Waals surface area contributed by atoms with E-state index in [-0.39, 0.29) is 6.04 Å². The summed E-state index contributed by atoms with van der Waals surface area (Å²) in [6, 6.07) is 2.13. The van der Waals surface area contributed by atoms with Crippen molar-refractivity contribution in [3.8, 4) is 5.82 Å². The second-order valence-electron chi connectivity index (χ2n) is 6.40. The first kappa shape index (κ1) is 15.7. The summed E-state index contributed by atoms with van der Waals surface area (Å²) in [5, 5.41) is 12.5. The predicted molar refractivity (Wildman–Crippen MR) is 93.6 cm³/mol. The molecular formula is C17H22N8. The molecule has 0 saturated heterocycles. The summed E-state index contributed by atoms with van der Waals surface area (Å²) in [6.07, 6.45) is 6.39. The highest BCUT2D eigenvalue weighted by atomic mass is 15.4. The minimum absolute atomic E-state index is 0.103. The number of anilines is 1. The van der Waals surface area contributed by atoms with E-state index in [4.69, 9.17) is 0 Å². The average Bonchev–Trinajstić information content (AvgIpc) is 3.18. The largest absolute Gasteiger partial charge is 0.359 e. The van der Waals surface area contributed by atoms with E-state index < -0.39 is 0 Å². The number of fused-ring (bicyclic) bond motifs is 1. The number of nitrogens with one attached hydrogen (secondary N) is 1. The first-order valence-corrected chi connectivity index (χ1v) is 8.70. The van der Waals surface area contributed by atoms with Gasteiger partial charge in [0.1, 0.15) is 11.6 Å². The molecular weight excluding hydrogens is 316 g/mol. The lowest BCUT2D eigenvalue weighted by Gasteiger charge is -2.23. The number of aryl methyl sites for hydroxylation is 4. The van der Waals surface area contributed by atoms with Crippen molar-refractivity contribution in [2.75, 3.05) is 5.32 Å². The van der Waals surface area contributed by atoms with Gasteiger partial charge < -0.3 is 5.32 Å². The fourth-order valence-corrected chi connectivity index (χ4v) is 3.25. The van der Waals surface area contributed by atoms with Crippen LogP contribution in [-0.4, -0.2) is 34.5 Å². The van der Waals surface area contributed by atoms with Crippen molar-refractivity contribution in [1.29, 1.82) is 0 Å². The smallest absolute Gasteiger partial charge is 0.174 e. The Hall–Kier alpha value is -2.77. The summed E-state index contributed by atoms with van der Waals surface area (Å²) in [6.45, 7) is 6.99. The van der Waals surface area contributed by atoms with Crippen molar-refractivity contribution in [3.05, 3.63) is 41.5 Å². The zero-order valence-corrected chi connectivity index (χ0v) is 14.8. The third-order valence-corrected chi connectivity index (χ3v) is 4.41. The fraction of sp³-hybridized carbons (Fsp3) is 0.471. The lowest BCUT2D eigenvalue weighted by molar-refractivity contribution is 0.436. The molecule has 0 saturated carbocycles. The maximum atomic E-state index is 4.68. The summed E-state index contributed by atoms with van der Waals surface area (Å²) in [5.41, 5.74) is 2.00. The van der Waals surface area contributed by atoms with Gasteiger partial charge in [0.15, 0.2) is 11.6 Å². The molecule has 0 radical (unpaired) electrons. The quantitative estimate of drug-likeness (QED) is 0.786. The van der Waals surface area contributed by atoms with E-state index in [1.54, 1.807) is 12.4 Å². The molecule has 1 atom stereocenters. The van der Waals surface area contributed by atoms with Crippen LogP contribution < -0.4 is 5.32 Å². The third kappa shape index (κ3) is 2.99. The van der Waals surface area contributed by atoms with E-state index in [0.29, 0.717) is 5.82 Å². The molecule has 0 aromatic carbocycles. The fourth-order valence-electron chi connectivity index (χ4n) is 3.25. The van der Waals surface area contributed by atoms with Gasteiger partial charge in [0, 0.05) is 18.7 Å². The highest BCUT2D eigenvalue weighted by molar-refractivity contribution is 5.38. The SMILES string of the molecule is CCc1nc2n(n1)CCC[C@H]2Nc1cncc(-n2nc(C)cc2C)n1. The zero-order valence-electron chi connectivity index (χ0n) is 14.8. The summed E-state index contributed by atoms with van der Waals surface area (Å²) < 4.78 is 3.82. The Morgan fingerprint density at radius 1 is 1.20 bits per heavy atom. The Morgan fingerprint density at radius 3 is 2.84 bits per heavy atom. The van der Waals surface area contributed by atoms with Crippen molar-refractivity contribution in [2.24, 2.45) is 0 Å². The predicted octanol–water partition coefficient (Wildman–Crippen LogP) is 2.38. The lowest BCUT2D eigenvalue weighted by Crippen LogP contribution is -2.23. The Balaban J connectivity index is 1.61. The van der Waals surface area contributed by atoms with Gasteiger partial charge in [0.25, 0.3) is 0 Å². The lowest BCUT2D eigenvalue weighted by atomic mass is 10.1. The van der Waals surface area contributed by atoms with Crippen LogP contribution in [0.2, 0.25) is 0 Å². The van der Waals surface area contributed by atoms with Crippen LogP contribution in [0.15, 0.2) is 18.5 Å². The van der Waals surface area contributed by atoms with E-state index in [0.717, 1.165) is 54.7 Å². The minimum Gasteiger partial charge on any atom is -0.359 e. The molecule has 4 heterocycles. The van der Waals surface area contributed by atoms with Crippen LogP contribution in [0, 0.1) is 13.8 Å². The summed E-state index contributed by atoms with van der Waals surface area (Å²) in [5.74, 6) is 3.32. The summed E-state index contributed by atoms with van der Waals surface area (Å²) in [4.78, 5) is 13.7. The number of hydrogen-bond acceptors (Lipinski definition) is 6. The first-order valence-electron chi connectivity index (χ1n) is 8.70. The number of aromatic nitrogens is 7. The van der Waals surface area contributed by atoms with Gasteiger partial charge in [0.05, 0.1) is 24.1 Å². The molecule has 0 spiro atoms. The Bertz CT molecular complexity index is 894. The van der Waals surface area contributed by atoms with Crippen LogP contribution in [0.5, 0.6) is 0 Å². The third-order valence-electron chi connectivity index (χ3n) is 4.41. The van der Waals surface area contributed by atoms with Crippen molar-refractivity contribution < 1.29 is 0 Å². The molecule has 8 heteroatoms. The van der Waals surface area contributed by atoms with Crippen LogP contribution in [0.4, 0.5) is 5.82 Å². The molecule has 1 N–H and O–H groups in total. The van der Waals surface area contributed by atoms with Crippen molar-refractivity contribution in [1.82, 2.24) is 34.5 Å². The molecule has 0 aliphatic carbocycles. The van der Waals surface area contributed by atoms with Gasteiger partial charge in [-0.25, -0.2) is 19.3 Å². The molecule has 1 aliphatic heterocycles. The molecule has 0 amide bonds. The molecule has 0 unspecified atom stereocenters. The van der Waals surface area contributed by atoms with Crippen LogP contribution >= 0.6 is 0 Å². The second kappa shape index (κ2) is 6.27. The monoisotopic (exact) mass is 338 g/mol. The Labute approximate surface area is 146 Å². The highest BCUT2D eigenvalue weighted by Gasteiger charge is 2.24. The summed E-state index contributed by atoms with van der Waals surface area (Å²) in [7, 11) is 0. The van der Waals surface area contributed by atoms with Gasteiger partial charge in [-0.3, -0.25) is 4.98 Å². The van der Waals surface area contributed by atoms with Crippen molar-refractivity contribution >= 4 is 5.82 Å². The Kier molecular flexibility index (Phi) is 3.95. The maximum absolute atomic E-state index is 4.68. The molecule has 130 valence electrons. The topological polar surface area (TPSA) is 86.3 Å². The average molecular weight is 338 g/mol. The molecule has 0 bridgehead atoms. The van der Waals surface area contributed by atoms with Crippen LogP contribution in [-0.2, 0) is 13.0 Å². The molecule has 25 heavy (non-hydrogen) atoms. The van der Waals surface area contributed by atoms with Crippen LogP contribution in [0.1, 0.15) is 48.8 Å². The molecule has 3 aromatic rings. The van der Waals surface area contributed by atoms with Gasteiger partial charge in [0.2, 0.25) is 0 Å². The van der Waals surface area contributed by atoms with Gasteiger partial charge >= 0.3 is 0 Å². The normalized spacial score (nSPS) is 16.7. The van der Waals surface area contributed by atoms with E-state index >= 15 is 0 Å².